The average Bonchev–Trinajstić information content (AvgIpc) is 2.85. The fourth-order valence-corrected chi connectivity index (χ4v) is 17.1. The number of rotatable bonds is 4. The van der Waals surface area contributed by atoms with Crippen LogP contribution in [0.3, 0.4) is 0 Å². The standard InChI is InChI=1S/C70H41B3N4O2S2/c1-5-20-42(21-6-1)74-52-30-17-31-53-64(52)72(69-67(46-28-13-15-36-62(46)80-69)77(53)45-26-11-4-12-27-45)49-38-48-56(40-57(49)74)75(43-22-7-2-8-23-43)54-32-18-34-59-65(54)71(48)51-39-50-58(41-61(51)78-59)76(44-24-9-3-10-25-44)55-33-19-35-60-66(55)73(50)70-68(79-60)47-29-14-16-37-63(47)81-70/h1-41H. The van der Waals surface area contributed by atoms with E-state index in [0.29, 0.717) is 0 Å². The zero-order chi connectivity index (χ0) is 52.6. The molecule has 0 saturated heterocycles. The molecule has 0 spiro atoms. The van der Waals surface area contributed by atoms with Gasteiger partial charge in [0, 0.05) is 98.4 Å². The molecular formula is C70H41B3N4O2S2. The molecule has 8 heterocycles. The van der Waals surface area contributed by atoms with Crippen LogP contribution >= 0.6 is 22.7 Å². The fourth-order valence-electron chi connectivity index (χ4n) is 14.5. The molecule has 0 aliphatic carbocycles. The molecule has 0 N–H and O–H groups in total. The number of hydrogen-bond donors (Lipinski definition) is 0. The summed E-state index contributed by atoms with van der Waals surface area (Å²) in [6.07, 6.45) is 0. The number of benzene rings is 11. The summed E-state index contributed by atoms with van der Waals surface area (Å²) in [5.41, 5.74) is 22.3. The van der Waals surface area contributed by atoms with Gasteiger partial charge in [-0.3, -0.25) is 0 Å². The minimum absolute atomic E-state index is 0.0727. The molecule has 81 heavy (non-hydrogen) atoms. The largest absolute Gasteiger partial charge is 0.458 e. The highest BCUT2D eigenvalue weighted by atomic mass is 32.1. The maximum absolute atomic E-state index is 7.43. The second-order valence-corrected chi connectivity index (χ2v) is 24.0. The lowest BCUT2D eigenvalue weighted by atomic mass is 9.30. The van der Waals surface area contributed by atoms with Crippen molar-refractivity contribution in [1.82, 2.24) is 0 Å². The van der Waals surface area contributed by atoms with Gasteiger partial charge in [0.05, 0.1) is 5.69 Å². The number of nitrogens with zero attached hydrogens (tertiary/aromatic N) is 4. The van der Waals surface area contributed by atoms with Crippen molar-refractivity contribution in [2.45, 2.75) is 0 Å². The summed E-state index contributed by atoms with van der Waals surface area (Å²) in [4.78, 5) is 10.0. The Morgan fingerprint density at radius 3 is 1.31 bits per heavy atom. The number of anilines is 12. The molecule has 0 amide bonds. The molecule has 13 aromatic rings. The first-order valence-corrected chi connectivity index (χ1v) is 29.4. The van der Waals surface area contributed by atoms with Gasteiger partial charge in [-0.05, 0) is 147 Å². The highest BCUT2D eigenvalue weighted by Gasteiger charge is 2.51. The van der Waals surface area contributed by atoms with Crippen molar-refractivity contribution in [1.29, 1.82) is 0 Å². The average molecular weight is 1070 g/mol. The lowest BCUT2D eigenvalue weighted by molar-refractivity contribution is 0.487. The van der Waals surface area contributed by atoms with Gasteiger partial charge in [0.2, 0.25) is 0 Å². The van der Waals surface area contributed by atoms with Crippen LogP contribution in [-0.4, -0.2) is 20.1 Å². The minimum atomic E-state index is -0.192. The molecule has 0 radical (unpaired) electrons. The number of para-hydroxylation sites is 4. The van der Waals surface area contributed by atoms with E-state index in [1.807, 2.05) is 22.7 Å². The molecule has 2 aromatic heterocycles. The molecule has 11 aromatic carbocycles. The van der Waals surface area contributed by atoms with Crippen LogP contribution in [0.2, 0.25) is 0 Å². The van der Waals surface area contributed by atoms with Crippen molar-refractivity contribution in [3.63, 3.8) is 0 Å². The van der Waals surface area contributed by atoms with Gasteiger partial charge < -0.3 is 29.1 Å². The zero-order valence-corrected chi connectivity index (χ0v) is 45.0. The third-order valence-electron chi connectivity index (χ3n) is 17.7. The minimum Gasteiger partial charge on any atom is -0.458 e. The monoisotopic (exact) mass is 1070 g/mol. The predicted molar refractivity (Wildman–Crippen MR) is 343 cm³/mol. The second kappa shape index (κ2) is 16.5. The number of thiophene rings is 2. The van der Waals surface area contributed by atoms with Crippen LogP contribution in [0, 0.1) is 0 Å². The Balaban J connectivity index is 0.915. The third-order valence-corrected chi connectivity index (χ3v) is 20.1. The van der Waals surface area contributed by atoms with Crippen LogP contribution < -0.4 is 76.9 Å². The fraction of sp³-hybridized carbons (Fsp3) is 0. The molecule has 19 rings (SSSR count). The van der Waals surface area contributed by atoms with E-state index < -0.39 is 0 Å². The first-order valence-electron chi connectivity index (χ1n) is 27.8. The van der Waals surface area contributed by atoms with Crippen LogP contribution in [0.5, 0.6) is 23.0 Å². The van der Waals surface area contributed by atoms with Crippen molar-refractivity contribution in [3.8, 4) is 23.0 Å². The Labute approximate surface area is 476 Å². The van der Waals surface area contributed by atoms with E-state index in [9.17, 15) is 0 Å². The van der Waals surface area contributed by atoms with Gasteiger partial charge in [-0.15, -0.1) is 22.7 Å². The van der Waals surface area contributed by atoms with Gasteiger partial charge in [0.25, 0.3) is 20.1 Å². The van der Waals surface area contributed by atoms with Crippen LogP contribution in [0.15, 0.2) is 249 Å². The molecule has 11 heteroatoms. The molecule has 0 bridgehead atoms. The van der Waals surface area contributed by atoms with Gasteiger partial charge in [-0.25, -0.2) is 0 Å². The molecule has 0 saturated carbocycles. The maximum Gasteiger partial charge on any atom is 0.268 e. The van der Waals surface area contributed by atoms with E-state index in [4.69, 9.17) is 9.47 Å². The van der Waals surface area contributed by atoms with Crippen LogP contribution in [0.4, 0.5) is 68.2 Å². The zero-order valence-electron chi connectivity index (χ0n) is 43.3. The summed E-state index contributed by atoms with van der Waals surface area (Å²) < 4.78 is 19.6. The lowest BCUT2D eigenvalue weighted by Gasteiger charge is -2.45. The molecule has 0 atom stereocenters. The van der Waals surface area contributed by atoms with Crippen molar-refractivity contribution in [2.24, 2.45) is 0 Å². The van der Waals surface area contributed by atoms with Gasteiger partial charge in [-0.2, -0.15) is 0 Å². The van der Waals surface area contributed by atoms with E-state index in [1.165, 1.54) is 79.9 Å². The van der Waals surface area contributed by atoms with Crippen LogP contribution in [0.1, 0.15) is 0 Å². The Morgan fingerprint density at radius 1 is 0.284 bits per heavy atom. The number of hydrogen-bond acceptors (Lipinski definition) is 8. The lowest BCUT2D eigenvalue weighted by Crippen LogP contribution is -2.65. The van der Waals surface area contributed by atoms with Crippen molar-refractivity contribution < 1.29 is 9.47 Å². The van der Waals surface area contributed by atoms with E-state index in [2.05, 4.69) is 268 Å². The third kappa shape index (κ3) is 5.98. The molecular weight excluding hydrogens is 1030 g/mol. The normalized spacial score (nSPS) is 14.2. The second-order valence-electron chi connectivity index (χ2n) is 21.8. The predicted octanol–water partition coefficient (Wildman–Crippen LogP) is 13.0. The maximum atomic E-state index is 7.43. The summed E-state index contributed by atoms with van der Waals surface area (Å²) in [5.74, 6) is 3.60. The van der Waals surface area contributed by atoms with Gasteiger partial charge in [0.15, 0.2) is 0 Å². The number of ether oxygens (including phenoxy) is 2. The molecule has 6 aliphatic rings. The molecule has 0 fully saturated rings. The number of fused-ring (bicyclic) bond motifs is 16. The highest BCUT2D eigenvalue weighted by molar-refractivity contribution is 7.34. The Morgan fingerprint density at radius 2 is 0.704 bits per heavy atom. The van der Waals surface area contributed by atoms with Gasteiger partial charge >= 0.3 is 0 Å². The van der Waals surface area contributed by atoms with E-state index >= 15 is 0 Å². The smallest absolute Gasteiger partial charge is 0.268 e. The van der Waals surface area contributed by atoms with E-state index in [-0.39, 0.29) is 20.1 Å². The highest BCUT2D eigenvalue weighted by Crippen LogP contribution is 2.51. The first-order chi connectivity index (χ1) is 40.2. The summed E-state index contributed by atoms with van der Waals surface area (Å²) in [7, 11) is 0. The Hall–Kier alpha value is -9.67. The van der Waals surface area contributed by atoms with Crippen LogP contribution in [0.25, 0.3) is 20.2 Å². The molecule has 0 unspecified atom stereocenters. The van der Waals surface area contributed by atoms with Crippen molar-refractivity contribution in [3.05, 3.63) is 249 Å². The molecule has 6 nitrogen and oxygen atoms in total. The van der Waals surface area contributed by atoms with Crippen molar-refractivity contribution >= 4 is 179 Å². The summed E-state index contributed by atoms with van der Waals surface area (Å²) in [6.45, 7) is -0.351. The first kappa shape index (κ1) is 44.2. The van der Waals surface area contributed by atoms with Gasteiger partial charge in [0.1, 0.15) is 23.0 Å². The Kier molecular flexibility index (Phi) is 8.98. The molecule has 374 valence electrons. The molecule has 6 aliphatic heterocycles. The Bertz CT molecular complexity index is 4840. The summed E-state index contributed by atoms with van der Waals surface area (Å²) in [6, 6.07) is 91.6. The topological polar surface area (TPSA) is 31.4 Å². The van der Waals surface area contributed by atoms with Crippen molar-refractivity contribution in [2.75, 3.05) is 19.6 Å². The van der Waals surface area contributed by atoms with E-state index in [0.717, 1.165) is 79.3 Å². The quantitative estimate of drug-likeness (QED) is 0.163. The summed E-state index contributed by atoms with van der Waals surface area (Å²) in [5, 5.41) is 2.42. The van der Waals surface area contributed by atoms with Gasteiger partial charge in [-0.1, -0.05) is 133 Å². The van der Waals surface area contributed by atoms with E-state index in [1.54, 1.807) is 0 Å². The summed E-state index contributed by atoms with van der Waals surface area (Å²) >= 11 is 3.79. The SMILES string of the molecule is c1ccc(N2c3cc4c(cc3B3c5cc6c(cc5Oc5cccc2c53)N(c2ccccc2)c2cccc3c2B6c2sc5ccccc5c2O3)B2c3sc5ccccc5c3N(c3ccccc3)c3cccc(c32)N4c2ccccc2)cc1. The van der Waals surface area contributed by atoms with Crippen LogP contribution in [-0.2, 0) is 0 Å².